The van der Waals surface area contributed by atoms with Crippen molar-refractivity contribution in [1.82, 2.24) is 15.1 Å². The molecule has 0 spiro atoms. The number of benzene rings is 1. The van der Waals surface area contributed by atoms with Crippen molar-refractivity contribution in [2.75, 3.05) is 39.8 Å². The smallest absolute Gasteiger partial charge is 0.317 e. The van der Waals surface area contributed by atoms with E-state index in [1.165, 1.54) is 19.4 Å². The molecule has 2 unspecified atom stereocenters. The molecule has 1 aromatic carbocycles. The number of piperidine rings is 2. The number of hydrogen-bond donors (Lipinski definition) is 2. The first kappa shape index (κ1) is 18.2. The Labute approximate surface area is 151 Å². The van der Waals surface area contributed by atoms with Crippen LogP contribution in [-0.2, 0) is 0 Å². The Morgan fingerprint density at radius 3 is 2.60 bits per heavy atom. The minimum atomic E-state index is -0.427. The average Bonchev–Trinajstić information content (AvgIpc) is 2.66. The summed E-state index contributed by atoms with van der Waals surface area (Å²) in [6, 6.07) is 9.90. The number of carbonyl (C=O) groups is 1. The van der Waals surface area contributed by atoms with Crippen LogP contribution in [0.15, 0.2) is 30.3 Å². The molecular formula is C20H31N3O2. The lowest BCUT2D eigenvalue weighted by Gasteiger charge is -2.35. The third-order valence-corrected chi connectivity index (χ3v) is 5.68. The number of aliphatic hydroxyl groups excluding tert-OH is 1. The number of aliphatic hydroxyl groups is 1. The lowest BCUT2D eigenvalue weighted by atomic mass is 9.87. The molecule has 138 valence electrons. The molecule has 2 aliphatic rings. The number of rotatable bonds is 4. The van der Waals surface area contributed by atoms with Crippen LogP contribution in [0.1, 0.15) is 37.4 Å². The summed E-state index contributed by atoms with van der Waals surface area (Å²) in [7, 11) is 2.15. The molecule has 0 radical (unpaired) electrons. The molecular weight excluding hydrogens is 314 g/mol. The lowest BCUT2D eigenvalue weighted by molar-refractivity contribution is 0.0662. The van der Waals surface area contributed by atoms with Gasteiger partial charge in [-0.05, 0) is 56.7 Å². The molecule has 5 nitrogen and oxygen atoms in total. The van der Waals surface area contributed by atoms with Gasteiger partial charge in [0.2, 0.25) is 0 Å². The Morgan fingerprint density at radius 1 is 1.20 bits per heavy atom. The van der Waals surface area contributed by atoms with Crippen LogP contribution in [0.3, 0.4) is 0 Å². The van der Waals surface area contributed by atoms with E-state index >= 15 is 0 Å². The Kier molecular flexibility index (Phi) is 6.32. The van der Waals surface area contributed by atoms with Crippen molar-refractivity contribution in [2.24, 2.45) is 11.8 Å². The van der Waals surface area contributed by atoms with Crippen molar-refractivity contribution in [3.8, 4) is 0 Å². The third-order valence-electron chi connectivity index (χ3n) is 5.68. The predicted molar refractivity (Wildman–Crippen MR) is 99.3 cm³/mol. The molecule has 25 heavy (non-hydrogen) atoms. The number of carbonyl (C=O) groups excluding carboxylic acids is 1. The number of nitrogens with zero attached hydrogens (tertiary/aromatic N) is 2. The summed E-state index contributed by atoms with van der Waals surface area (Å²) >= 11 is 0. The molecule has 2 aliphatic heterocycles. The molecule has 2 fully saturated rings. The quantitative estimate of drug-likeness (QED) is 0.881. The maximum absolute atomic E-state index is 12.4. The molecule has 0 saturated carbocycles. The summed E-state index contributed by atoms with van der Waals surface area (Å²) in [5.74, 6) is 0.804. The van der Waals surface area contributed by atoms with Gasteiger partial charge in [0.15, 0.2) is 0 Å². The Hall–Kier alpha value is -1.59. The van der Waals surface area contributed by atoms with Gasteiger partial charge in [-0.2, -0.15) is 0 Å². The minimum Gasteiger partial charge on any atom is -0.388 e. The first-order valence-electron chi connectivity index (χ1n) is 9.58. The molecule has 2 amide bonds. The van der Waals surface area contributed by atoms with E-state index in [9.17, 15) is 9.90 Å². The van der Waals surface area contributed by atoms with E-state index < -0.39 is 6.10 Å². The molecule has 5 heteroatoms. The minimum absolute atomic E-state index is 0.0564. The largest absolute Gasteiger partial charge is 0.388 e. The first-order chi connectivity index (χ1) is 12.1. The van der Waals surface area contributed by atoms with Gasteiger partial charge < -0.3 is 20.2 Å². The average molecular weight is 345 g/mol. The zero-order chi connectivity index (χ0) is 17.6. The van der Waals surface area contributed by atoms with Gasteiger partial charge in [-0.25, -0.2) is 4.79 Å². The zero-order valence-corrected chi connectivity index (χ0v) is 15.2. The molecule has 2 N–H and O–H groups in total. The third kappa shape index (κ3) is 4.95. The summed E-state index contributed by atoms with van der Waals surface area (Å²) in [5.41, 5.74) is 0.979. The van der Waals surface area contributed by atoms with E-state index in [0.29, 0.717) is 5.92 Å². The van der Waals surface area contributed by atoms with Crippen molar-refractivity contribution in [1.29, 1.82) is 0 Å². The molecule has 2 atom stereocenters. The number of nitrogens with one attached hydrogen (secondary N) is 1. The van der Waals surface area contributed by atoms with Gasteiger partial charge in [-0.15, -0.1) is 0 Å². The zero-order valence-electron chi connectivity index (χ0n) is 15.2. The topological polar surface area (TPSA) is 55.8 Å². The molecule has 0 aliphatic carbocycles. The van der Waals surface area contributed by atoms with E-state index in [4.69, 9.17) is 0 Å². The first-order valence-corrected chi connectivity index (χ1v) is 9.58. The second-order valence-corrected chi connectivity index (χ2v) is 7.64. The molecule has 0 aromatic heterocycles. The fourth-order valence-electron chi connectivity index (χ4n) is 4.12. The van der Waals surface area contributed by atoms with E-state index in [1.54, 1.807) is 0 Å². The van der Waals surface area contributed by atoms with Crippen LogP contribution in [0.4, 0.5) is 4.79 Å². The Balaban J connectivity index is 1.41. The van der Waals surface area contributed by atoms with Gasteiger partial charge >= 0.3 is 6.03 Å². The monoisotopic (exact) mass is 345 g/mol. The predicted octanol–water partition coefficient (Wildman–Crippen LogP) is 2.48. The summed E-state index contributed by atoms with van der Waals surface area (Å²) < 4.78 is 0. The van der Waals surface area contributed by atoms with Crippen LogP contribution >= 0.6 is 0 Å². The van der Waals surface area contributed by atoms with Crippen LogP contribution in [0.25, 0.3) is 0 Å². The summed E-state index contributed by atoms with van der Waals surface area (Å²) in [6.45, 7) is 4.47. The standard InChI is InChI=1S/C20H31N3O2/c1-22-11-5-6-16(15-22)14-21-20(25)23-12-9-18(10-13-23)19(24)17-7-3-2-4-8-17/h2-4,7-8,16,18-19,24H,5-6,9-15H2,1H3,(H,21,25). The molecule has 3 rings (SSSR count). The van der Waals surface area contributed by atoms with Crippen LogP contribution < -0.4 is 5.32 Å². The van der Waals surface area contributed by atoms with Crippen LogP contribution in [0.5, 0.6) is 0 Å². The molecule has 0 bridgehead atoms. The summed E-state index contributed by atoms with van der Waals surface area (Å²) in [4.78, 5) is 16.7. The van der Waals surface area contributed by atoms with Crippen molar-refractivity contribution in [3.05, 3.63) is 35.9 Å². The number of urea groups is 1. The van der Waals surface area contributed by atoms with Crippen molar-refractivity contribution >= 4 is 6.03 Å². The Morgan fingerprint density at radius 2 is 1.92 bits per heavy atom. The summed E-state index contributed by atoms with van der Waals surface area (Å²) in [5, 5.41) is 13.7. The van der Waals surface area contributed by atoms with Gasteiger partial charge in [-0.1, -0.05) is 30.3 Å². The van der Waals surface area contributed by atoms with E-state index in [1.807, 2.05) is 35.2 Å². The maximum Gasteiger partial charge on any atom is 0.317 e. The summed E-state index contributed by atoms with van der Waals surface area (Å²) in [6.07, 6.45) is 3.71. The maximum atomic E-state index is 12.4. The Bertz CT molecular complexity index is 543. The fourth-order valence-corrected chi connectivity index (χ4v) is 4.12. The second-order valence-electron chi connectivity index (χ2n) is 7.64. The van der Waals surface area contributed by atoms with Crippen molar-refractivity contribution < 1.29 is 9.90 Å². The van der Waals surface area contributed by atoms with Crippen LogP contribution in [-0.4, -0.2) is 60.7 Å². The van der Waals surface area contributed by atoms with Gasteiger partial charge in [0.1, 0.15) is 0 Å². The number of hydrogen-bond acceptors (Lipinski definition) is 3. The van der Waals surface area contributed by atoms with E-state index in [-0.39, 0.29) is 11.9 Å². The second kappa shape index (κ2) is 8.68. The number of likely N-dealkylation sites (tertiary alicyclic amines) is 2. The molecule has 2 heterocycles. The molecule has 2 saturated heterocycles. The highest BCUT2D eigenvalue weighted by Gasteiger charge is 2.28. The van der Waals surface area contributed by atoms with Gasteiger partial charge in [0.05, 0.1) is 6.10 Å². The van der Waals surface area contributed by atoms with Gasteiger partial charge in [0.25, 0.3) is 0 Å². The lowest BCUT2D eigenvalue weighted by Crippen LogP contribution is -2.47. The van der Waals surface area contributed by atoms with Crippen LogP contribution in [0, 0.1) is 11.8 Å². The van der Waals surface area contributed by atoms with Crippen molar-refractivity contribution in [2.45, 2.75) is 31.8 Å². The molecule has 1 aromatic rings. The van der Waals surface area contributed by atoms with E-state index in [0.717, 1.165) is 44.6 Å². The normalized spacial score (nSPS) is 24.1. The highest BCUT2D eigenvalue weighted by atomic mass is 16.3. The van der Waals surface area contributed by atoms with Gasteiger partial charge in [-0.3, -0.25) is 0 Å². The van der Waals surface area contributed by atoms with E-state index in [2.05, 4.69) is 17.3 Å². The van der Waals surface area contributed by atoms with Crippen molar-refractivity contribution in [3.63, 3.8) is 0 Å². The SMILES string of the molecule is CN1CCCC(CNC(=O)N2CCC(C(O)c3ccccc3)CC2)C1. The highest BCUT2D eigenvalue weighted by Crippen LogP contribution is 2.30. The number of amides is 2. The highest BCUT2D eigenvalue weighted by molar-refractivity contribution is 5.74. The van der Waals surface area contributed by atoms with Gasteiger partial charge in [0, 0.05) is 26.2 Å². The fraction of sp³-hybridized carbons (Fsp3) is 0.650. The van der Waals surface area contributed by atoms with Crippen LogP contribution in [0.2, 0.25) is 0 Å².